The van der Waals surface area contributed by atoms with E-state index in [9.17, 15) is 0 Å². The van der Waals surface area contributed by atoms with E-state index in [0.717, 1.165) is 0 Å². The van der Waals surface area contributed by atoms with Crippen molar-refractivity contribution in [3.8, 4) is 0 Å². The third-order valence-corrected chi connectivity index (χ3v) is 4.77. The Labute approximate surface area is 103 Å². The molecule has 90 valence electrons. The summed E-state index contributed by atoms with van der Waals surface area (Å²) in [7, 11) is -0.0598. The zero-order valence-electron chi connectivity index (χ0n) is 11.1. The fraction of sp³-hybridized carbons (Fsp3) is 0.571. The highest BCUT2D eigenvalue weighted by molar-refractivity contribution is 6.53. The minimum Gasteiger partial charge on any atom is -0.299 e. The van der Waals surface area contributed by atoms with Crippen LogP contribution in [-0.2, 0) is 0 Å². The molecule has 16 heavy (non-hydrogen) atoms. The number of hydrogen-bond donors (Lipinski definition) is 0. The summed E-state index contributed by atoms with van der Waals surface area (Å²) in [4.78, 5) is 2.59. The van der Waals surface area contributed by atoms with Gasteiger partial charge in [-0.1, -0.05) is 35.5 Å². The molecule has 1 nitrogen and oxygen atoms in total. The Bertz CT molecular complexity index is 274. The predicted molar refractivity (Wildman–Crippen MR) is 76.4 cm³/mol. The van der Waals surface area contributed by atoms with Gasteiger partial charge in [-0.2, -0.15) is 0 Å². The Morgan fingerprint density at radius 3 is 2.06 bits per heavy atom. The van der Waals surface area contributed by atoms with Gasteiger partial charge < -0.3 is 0 Å². The van der Waals surface area contributed by atoms with Crippen LogP contribution in [0.1, 0.15) is 27.7 Å². The monoisotopic (exact) mass is 235 g/mol. The van der Waals surface area contributed by atoms with E-state index in [0.29, 0.717) is 12.1 Å². The molecule has 1 rings (SSSR count). The molecule has 0 radical (unpaired) electrons. The lowest BCUT2D eigenvalue weighted by atomic mass is 10.2. The van der Waals surface area contributed by atoms with Crippen LogP contribution in [0.15, 0.2) is 30.3 Å². The molecule has 0 saturated carbocycles. The first-order valence-electron chi connectivity index (χ1n) is 6.41. The van der Waals surface area contributed by atoms with E-state index in [4.69, 9.17) is 0 Å². The summed E-state index contributed by atoms with van der Waals surface area (Å²) in [5.74, 6) is 0. The Morgan fingerprint density at radius 1 is 1.00 bits per heavy atom. The number of rotatable bonds is 6. The summed E-state index contributed by atoms with van der Waals surface area (Å²) in [6.07, 6.45) is 0. The largest absolute Gasteiger partial charge is 0.299 e. The Morgan fingerprint density at radius 2 is 1.56 bits per heavy atom. The molecule has 0 aliphatic carbocycles. The average molecular weight is 235 g/mol. The lowest BCUT2D eigenvalue weighted by Crippen LogP contribution is -2.38. The highest BCUT2D eigenvalue weighted by Crippen LogP contribution is 2.05. The molecule has 0 heterocycles. The van der Waals surface area contributed by atoms with Crippen LogP contribution >= 0.6 is 0 Å². The van der Waals surface area contributed by atoms with Gasteiger partial charge in [-0.3, -0.25) is 4.90 Å². The first-order chi connectivity index (χ1) is 7.61. The molecule has 0 aliphatic rings. The summed E-state index contributed by atoms with van der Waals surface area (Å²) in [6, 6.07) is 13.7. The van der Waals surface area contributed by atoms with Crippen molar-refractivity contribution in [1.82, 2.24) is 4.90 Å². The maximum absolute atomic E-state index is 2.59. The van der Waals surface area contributed by atoms with E-state index in [-0.39, 0.29) is 9.52 Å². The highest BCUT2D eigenvalue weighted by atomic mass is 28.2. The topological polar surface area (TPSA) is 3.24 Å². The average Bonchev–Trinajstić information content (AvgIpc) is 2.24. The van der Waals surface area contributed by atoms with Crippen molar-refractivity contribution in [2.24, 2.45) is 0 Å². The molecule has 0 aromatic heterocycles. The van der Waals surface area contributed by atoms with Crippen LogP contribution in [0.4, 0.5) is 0 Å². The fourth-order valence-electron chi connectivity index (χ4n) is 2.22. The molecule has 0 spiro atoms. The van der Waals surface area contributed by atoms with Gasteiger partial charge >= 0.3 is 0 Å². The summed E-state index contributed by atoms with van der Waals surface area (Å²) >= 11 is 0. The minimum atomic E-state index is -0.0598. The molecular formula is C14H25NSi. The van der Waals surface area contributed by atoms with Crippen molar-refractivity contribution in [2.75, 3.05) is 6.54 Å². The van der Waals surface area contributed by atoms with Crippen LogP contribution < -0.4 is 5.19 Å². The Hall–Kier alpha value is -0.603. The van der Waals surface area contributed by atoms with Gasteiger partial charge in [-0.15, -0.1) is 0 Å². The van der Waals surface area contributed by atoms with Crippen molar-refractivity contribution >= 4 is 14.7 Å². The predicted octanol–water partition coefficient (Wildman–Crippen LogP) is 2.02. The van der Waals surface area contributed by atoms with E-state index in [2.05, 4.69) is 62.9 Å². The highest BCUT2D eigenvalue weighted by Gasteiger charge is 2.12. The maximum Gasteiger partial charge on any atom is 0.0560 e. The van der Waals surface area contributed by atoms with E-state index in [1.807, 2.05) is 0 Å². The summed E-state index contributed by atoms with van der Waals surface area (Å²) in [5.41, 5.74) is 0. The molecule has 0 atom stereocenters. The molecule has 0 N–H and O–H groups in total. The summed E-state index contributed by atoms with van der Waals surface area (Å²) in [6.45, 7) is 10.4. The van der Waals surface area contributed by atoms with Gasteiger partial charge in [0.1, 0.15) is 0 Å². The summed E-state index contributed by atoms with van der Waals surface area (Å²) < 4.78 is 0. The van der Waals surface area contributed by atoms with Crippen molar-refractivity contribution in [1.29, 1.82) is 0 Å². The van der Waals surface area contributed by atoms with Crippen molar-refractivity contribution in [2.45, 2.75) is 45.8 Å². The van der Waals surface area contributed by atoms with Gasteiger partial charge in [0.2, 0.25) is 0 Å². The van der Waals surface area contributed by atoms with Crippen molar-refractivity contribution in [3.05, 3.63) is 30.3 Å². The molecule has 1 aromatic rings. The zero-order valence-corrected chi connectivity index (χ0v) is 12.5. The van der Waals surface area contributed by atoms with E-state index >= 15 is 0 Å². The molecule has 0 fully saturated rings. The standard InChI is InChI=1S/C14H25NSi/c1-12(2)15(13(3)4)10-11-16-14-8-6-5-7-9-14/h5-9,12-13H,10-11,16H2,1-4H3. The molecule has 0 aliphatic heterocycles. The van der Waals surface area contributed by atoms with E-state index in [1.54, 1.807) is 5.19 Å². The van der Waals surface area contributed by atoms with Gasteiger partial charge in [-0.05, 0) is 40.3 Å². The van der Waals surface area contributed by atoms with Crippen molar-refractivity contribution < 1.29 is 0 Å². The van der Waals surface area contributed by atoms with Crippen molar-refractivity contribution in [3.63, 3.8) is 0 Å². The molecule has 0 amide bonds. The SMILES string of the molecule is CC(C)N(CC[SiH2]c1ccccc1)C(C)C. The zero-order chi connectivity index (χ0) is 12.0. The maximum atomic E-state index is 2.59. The minimum absolute atomic E-state index is 0.0598. The third-order valence-electron chi connectivity index (χ3n) is 3.05. The lowest BCUT2D eigenvalue weighted by Gasteiger charge is -2.30. The molecule has 2 heteroatoms. The normalized spacial score (nSPS) is 12.4. The Kier molecular flexibility index (Phi) is 5.78. The molecule has 0 saturated heterocycles. The summed E-state index contributed by atoms with van der Waals surface area (Å²) in [5, 5.41) is 1.59. The van der Waals surface area contributed by atoms with E-state index in [1.165, 1.54) is 12.6 Å². The third kappa shape index (κ3) is 4.50. The van der Waals surface area contributed by atoms with Crippen LogP contribution in [0.25, 0.3) is 0 Å². The van der Waals surface area contributed by atoms with Crippen LogP contribution in [0.2, 0.25) is 6.04 Å². The Balaban J connectivity index is 2.34. The second-order valence-electron chi connectivity index (χ2n) is 5.01. The number of benzene rings is 1. The first kappa shape index (κ1) is 13.5. The molecular weight excluding hydrogens is 210 g/mol. The van der Waals surface area contributed by atoms with Crippen LogP contribution in [-0.4, -0.2) is 33.0 Å². The molecule has 0 bridgehead atoms. The van der Waals surface area contributed by atoms with Gasteiger partial charge in [0.05, 0.1) is 9.52 Å². The van der Waals surface area contributed by atoms with Gasteiger partial charge in [0.25, 0.3) is 0 Å². The smallest absolute Gasteiger partial charge is 0.0560 e. The second-order valence-corrected chi connectivity index (χ2v) is 7.04. The van der Waals surface area contributed by atoms with Gasteiger partial charge in [0, 0.05) is 12.1 Å². The number of hydrogen-bond acceptors (Lipinski definition) is 1. The first-order valence-corrected chi connectivity index (χ1v) is 8.11. The molecule has 1 aromatic carbocycles. The number of nitrogens with zero attached hydrogens (tertiary/aromatic N) is 1. The fourth-order valence-corrected chi connectivity index (χ4v) is 3.76. The second kappa shape index (κ2) is 6.87. The molecule has 0 unspecified atom stereocenters. The van der Waals surface area contributed by atoms with Crippen LogP contribution in [0.5, 0.6) is 0 Å². The van der Waals surface area contributed by atoms with E-state index < -0.39 is 0 Å². The van der Waals surface area contributed by atoms with Gasteiger partial charge in [-0.25, -0.2) is 0 Å². The van der Waals surface area contributed by atoms with Crippen LogP contribution in [0, 0.1) is 0 Å². The lowest BCUT2D eigenvalue weighted by molar-refractivity contribution is 0.185. The van der Waals surface area contributed by atoms with Crippen LogP contribution in [0.3, 0.4) is 0 Å². The van der Waals surface area contributed by atoms with Gasteiger partial charge in [0.15, 0.2) is 0 Å². The quantitative estimate of drug-likeness (QED) is 0.682.